The van der Waals surface area contributed by atoms with Crippen LogP contribution in [0.5, 0.6) is 0 Å². The van der Waals surface area contributed by atoms with E-state index in [0.29, 0.717) is 11.4 Å². The van der Waals surface area contributed by atoms with Gasteiger partial charge in [0, 0.05) is 17.9 Å². The summed E-state index contributed by atoms with van der Waals surface area (Å²) in [6.45, 7) is 5.49. The van der Waals surface area contributed by atoms with Gasteiger partial charge in [-0.2, -0.15) is 5.26 Å². The summed E-state index contributed by atoms with van der Waals surface area (Å²) in [4.78, 5) is 20.2. The van der Waals surface area contributed by atoms with Crippen molar-refractivity contribution in [1.29, 1.82) is 5.26 Å². The van der Waals surface area contributed by atoms with Crippen molar-refractivity contribution >= 4 is 6.09 Å². The van der Waals surface area contributed by atoms with E-state index in [-0.39, 0.29) is 6.54 Å². The van der Waals surface area contributed by atoms with E-state index in [4.69, 9.17) is 10.4 Å². The van der Waals surface area contributed by atoms with Gasteiger partial charge >= 0.3 is 6.09 Å². The van der Waals surface area contributed by atoms with Crippen LogP contribution in [0.25, 0.3) is 0 Å². The molecule has 0 saturated carbocycles. The predicted molar refractivity (Wildman–Crippen MR) is 60.1 cm³/mol. The lowest BCUT2D eigenvalue weighted by Crippen LogP contribution is -2.44. The van der Waals surface area contributed by atoms with E-state index in [0.717, 1.165) is 0 Å². The van der Waals surface area contributed by atoms with Crippen LogP contribution in [-0.4, -0.2) is 31.6 Å². The first-order valence-electron chi connectivity index (χ1n) is 5.06. The summed E-state index contributed by atoms with van der Waals surface area (Å²) >= 11 is 0. The first-order valence-corrected chi connectivity index (χ1v) is 5.06. The third-order valence-electron chi connectivity index (χ3n) is 2.17. The molecule has 1 N–H and O–H groups in total. The fourth-order valence-electron chi connectivity index (χ4n) is 1.23. The van der Waals surface area contributed by atoms with Gasteiger partial charge < -0.3 is 5.11 Å². The Labute approximate surface area is 99.5 Å². The van der Waals surface area contributed by atoms with Crippen LogP contribution in [0.3, 0.4) is 0 Å². The molecule has 6 nitrogen and oxygen atoms in total. The molecule has 0 aromatic carbocycles. The number of amides is 1. The number of hydrogen-bond acceptors (Lipinski definition) is 4. The number of nitrogens with zero attached hydrogens (tertiary/aromatic N) is 4. The van der Waals surface area contributed by atoms with Crippen molar-refractivity contribution in [2.45, 2.75) is 32.9 Å². The molecule has 0 radical (unpaired) electrons. The van der Waals surface area contributed by atoms with Gasteiger partial charge in [-0.25, -0.2) is 14.8 Å². The fraction of sp³-hybridized carbons (Fsp3) is 0.455. The summed E-state index contributed by atoms with van der Waals surface area (Å²) < 4.78 is 0. The minimum absolute atomic E-state index is 0.102. The summed E-state index contributed by atoms with van der Waals surface area (Å²) in [6.07, 6.45) is 1.74. The minimum atomic E-state index is -1.02. The molecule has 1 aromatic rings. The number of rotatable bonds is 2. The molecule has 0 aliphatic carbocycles. The maximum atomic E-state index is 11.1. The number of hydrogen-bond donors (Lipinski definition) is 1. The Balaban J connectivity index is 2.88. The first kappa shape index (κ1) is 12.9. The minimum Gasteiger partial charge on any atom is -0.465 e. The van der Waals surface area contributed by atoms with Crippen LogP contribution in [0.4, 0.5) is 4.79 Å². The SMILES string of the molecule is CC(C)(C)N(Cc1ncc(C#N)cn1)C(=O)O. The second kappa shape index (κ2) is 4.78. The highest BCUT2D eigenvalue weighted by atomic mass is 16.4. The molecule has 0 unspecified atom stereocenters. The third kappa shape index (κ3) is 3.41. The van der Waals surface area contributed by atoms with Gasteiger partial charge in [0.25, 0.3) is 0 Å². The second-order valence-corrected chi connectivity index (χ2v) is 4.54. The summed E-state index contributed by atoms with van der Waals surface area (Å²) in [5.41, 5.74) is -0.172. The summed E-state index contributed by atoms with van der Waals surface area (Å²) in [6, 6.07) is 1.91. The smallest absolute Gasteiger partial charge is 0.408 e. The molecule has 0 spiro atoms. The standard InChI is InChI=1S/C11H14N4O2/c1-11(2,3)15(10(16)17)7-9-13-5-8(4-12)6-14-9/h5-6H,7H2,1-3H3,(H,16,17). The molecule has 90 valence electrons. The van der Waals surface area contributed by atoms with Crippen molar-refractivity contribution in [2.75, 3.05) is 0 Å². The predicted octanol–water partition coefficient (Wildman–Crippen LogP) is 1.63. The van der Waals surface area contributed by atoms with Crippen molar-refractivity contribution in [3.05, 3.63) is 23.8 Å². The van der Waals surface area contributed by atoms with E-state index in [1.165, 1.54) is 17.3 Å². The van der Waals surface area contributed by atoms with Gasteiger partial charge in [0.15, 0.2) is 0 Å². The van der Waals surface area contributed by atoms with Gasteiger partial charge in [-0.15, -0.1) is 0 Å². The molecule has 0 bridgehead atoms. The number of aromatic nitrogens is 2. The molecule has 0 atom stereocenters. The Morgan fingerprint density at radius 1 is 1.47 bits per heavy atom. The second-order valence-electron chi connectivity index (χ2n) is 4.54. The molecule has 17 heavy (non-hydrogen) atoms. The van der Waals surface area contributed by atoms with Crippen LogP contribution in [0.1, 0.15) is 32.2 Å². The van der Waals surface area contributed by atoms with Crippen LogP contribution in [0, 0.1) is 11.3 Å². The molecule has 0 fully saturated rings. The quantitative estimate of drug-likeness (QED) is 0.839. The highest BCUT2D eigenvalue weighted by Gasteiger charge is 2.26. The van der Waals surface area contributed by atoms with E-state index >= 15 is 0 Å². The normalized spacial score (nSPS) is 10.7. The third-order valence-corrected chi connectivity index (χ3v) is 2.17. The molecule has 0 aliphatic rings. The highest BCUT2D eigenvalue weighted by Crippen LogP contribution is 2.15. The average Bonchev–Trinajstić information content (AvgIpc) is 2.24. The Hall–Kier alpha value is -2.16. The van der Waals surface area contributed by atoms with Gasteiger partial charge in [-0.05, 0) is 20.8 Å². The number of carbonyl (C=O) groups is 1. The van der Waals surface area contributed by atoms with Crippen molar-refractivity contribution in [3.8, 4) is 6.07 Å². The zero-order chi connectivity index (χ0) is 13.1. The van der Waals surface area contributed by atoms with Crippen molar-refractivity contribution in [1.82, 2.24) is 14.9 Å². The average molecular weight is 234 g/mol. The molecule has 6 heteroatoms. The van der Waals surface area contributed by atoms with Crippen LogP contribution < -0.4 is 0 Å². The lowest BCUT2D eigenvalue weighted by atomic mass is 10.1. The summed E-state index contributed by atoms with van der Waals surface area (Å²) in [7, 11) is 0. The Morgan fingerprint density at radius 2 is 2.00 bits per heavy atom. The van der Waals surface area contributed by atoms with Crippen molar-refractivity contribution < 1.29 is 9.90 Å². The highest BCUT2D eigenvalue weighted by molar-refractivity contribution is 5.65. The van der Waals surface area contributed by atoms with E-state index in [9.17, 15) is 4.79 Å². The van der Waals surface area contributed by atoms with Gasteiger partial charge in [-0.1, -0.05) is 0 Å². The first-order chi connectivity index (χ1) is 7.84. The summed E-state index contributed by atoms with van der Waals surface area (Å²) in [5, 5.41) is 17.7. The topological polar surface area (TPSA) is 90.1 Å². The monoisotopic (exact) mass is 234 g/mol. The van der Waals surface area contributed by atoms with Crippen LogP contribution in [-0.2, 0) is 6.54 Å². The van der Waals surface area contributed by atoms with Crippen LogP contribution >= 0.6 is 0 Å². The Bertz CT molecular complexity index is 442. The van der Waals surface area contributed by atoms with Crippen LogP contribution in [0.15, 0.2) is 12.4 Å². The Morgan fingerprint density at radius 3 is 2.35 bits per heavy atom. The zero-order valence-electron chi connectivity index (χ0n) is 10.0. The molecular formula is C11H14N4O2. The van der Waals surface area contributed by atoms with E-state index in [1.807, 2.05) is 6.07 Å². The lowest BCUT2D eigenvalue weighted by Gasteiger charge is -2.32. The lowest BCUT2D eigenvalue weighted by molar-refractivity contribution is 0.0937. The molecule has 1 aromatic heterocycles. The molecule has 0 aliphatic heterocycles. The molecule has 1 rings (SSSR count). The number of nitriles is 1. The maximum Gasteiger partial charge on any atom is 0.408 e. The molecule has 1 heterocycles. The zero-order valence-corrected chi connectivity index (χ0v) is 10.0. The Kier molecular flexibility index (Phi) is 3.63. The van der Waals surface area contributed by atoms with Gasteiger partial charge in [0.2, 0.25) is 0 Å². The van der Waals surface area contributed by atoms with Crippen molar-refractivity contribution in [3.63, 3.8) is 0 Å². The molecular weight excluding hydrogens is 220 g/mol. The van der Waals surface area contributed by atoms with Gasteiger partial charge in [-0.3, -0.25) is 4.90 Å². The summed E-state index contributed by atoms with van der Waals surface area (Å²) in [5.74, 6) is 0.376. The number of carboxylic acid groups (broad SMARTS) is 1. The largest absolute Gasteiger partial charge is 0.465 e. The van der Waals surface area contributed by atoms with Crippen LogP contribution in [0.2, 0.25) is 0 Å². The maximum absolute atomic E-state index is 11.1. The van der Waals surface area contributed by atoms with Crippen molar-refractivity contribution in [2.24, 2.45) is 0 Å². The molecule has 0 saturated heterocycles. The van der Waals surface area contributed by atoms with E-state index < -0.39 is 11.6 Å². The van der Waals surface area contributed by atoms with E-state index in [1.54, 1.807) is 20.8 Å². The fourth-order valence-corrected chi connectivity index (χ4v) is 1.23. The van der Waals surface area contributed by atoms with Gasteiger partial charge in [0.1, 0.15) is 11.9 Å². The molecule has 1 amide bonds. The van der Waals surface area contributed by atoms with E-state index in [2.05, 4.69) is 9.97 Å². The van der Waals surface area contributed by atoms with Gasteiger partial charge in [0.05, 0.1) is 12.1 Å².